The van der Waals surface area contributed by atoms with Gasteiger partial charge in [0.2, 0.25) is 0 Å². The van der Waals surface area contributed by atoms with Crippen LogP contribution in [0.15, 0.2) is 30.1 Å². The number of hydrogen-bond donors (Lipinski definition) is 2. The van der Waals surface area contributed by atoms with E-state index < -0.39 is 23.7 Å². The molecule has 3 rings (SSSR count). The summed E-state index contributed by atoms with van der Waals surface area (Å²) in [6, 6.07) is 2.72. The number of aliphatic hydroxyl groups excluding tert-OH is 1. The number of carbonyl (C=O) groups is 3. The van der Waals surface area contributed by atoms with Gasteiger partial charge in [-0.15, -0.1) is 0 Å². The number of pyridine rings is 1. The Balaban J connectivity index is 2.13. The van der Waals surface area contributed by atoms with Crippen LogP contribution in [-0.4, -0.2) is 76.3 Å². The van der Waals surface area contributed by atoms with Crippen LogP contribution in [-0.2, 0) is 14.3 Å². The van der Waals surface area contributed by atoms with E-state index in [1.54, 1.807) is 45.3 Å². The third-order valence-corrected chi connectivity index (χ3v) is 5.70. The molecule has 1 amide bonds. The summed E-state index contributed by atoms with van der Waals surface area (Å²) < 4.78 is 5.08. The van der Waals surface area contributed by atoms with E-state index in [1.165, 1.54) is 4.90 Å². The molecule has 33 heavy (non-hydrogen) atoms. The fraction of sp³-hybridized carbons (Fsp3) is 0.417. The van der Waals surface area contributed by atoms with Crippen LogP contribution in [0.1, 0.15) is 52.3 Å². The summed E-state index contributed by atoms with van der Waals surface area (Å²) in [6.07, 6.45) is 3.85. The Kier molecular flexibility index (Phi) is 7.33. The van der Waals surface area contributed by atoms with Gasteiger partial charge in [0.1, 0.15) is 11.5 Å². The van der Waals surface area contributed by atoms with E-state index in [0.29, 0.717) is 35.3 Å². The van der Waals surface area contributed by atoms with E-state index in [1.807, 2.05) is 19.0 Å². The number of ether oxygens (including phenoxy) is 1. The molecule has 2 aromatic heterocycles. The number of carbonyl (C=O) groups excluding carboxylic acids is 3. The first-order valence-corrected chi connectivity index (χ1v) is 10.9. The molecular weight excluding hydrogens is 424 g/mol. The first-order chi connectivity index (χ1) is 15.7. The summed E-state index contributed by atoms with van der Waals surface area (Å²) in [7, 11) is 3.87. The Morgan fingerprint density at radius 2 is 2.03 bits per heavy atom. The molecule has 9 nitrogen and oxygen atoms in total. The average Bonchev–Trinajstić information content (AvgIpc) is 3.21. The molecular formula is C24H30N4O5. The standard InChI is InChI=1S/C24H30N4O5/c1-6-33-24(32)19-14(2)17(15(3)26-19)21(29)18-20(16-9-7-10-25-13-16)28(23(31)22(18)30)12-8-11-27(4)5/h7,9-10,13,20,26,29H,6,8,11-12H2,1-5H3/b21-18+/t20-/m1/s1. The van der Waals surface area contributed by atoms with Crippen molar-refractivity contribution in [3.8, 4) is 0 Å². The van der Waals surface area contributed by atoms with E-state index in [2.05, 4.69) is 9.97 Å². The number of H-pyrrole nitrogens is 1. The van der Waals surface area contributed by atoms with Gasteiger partial charge in [-0.05, 0) is 65.0 Å². The minimum Gasteiger partial charge on any atom is -0.507 e. The topological polar surface area (TPSA) is 116 Å². The minimum absolute atomic E-state index is 0.0153. The van der Waals surface area contributed by atoms with Crippen molar-refractivity contribution >= 4 is 23.4 Å². The molecule has 1 fully saturated rings. The summed E-state index contributed by atoms with van der Waals surface area (Å²) in [5, 5.41) is 11.3. The zero-order chi connectivity index (χ0) is 24.3. The molecule has 3 heterocycles. The lowest BCUT2D eigenvalue weighted by atomic mass is 9.95. The molecule has 176 valence electrons. The summed E-state index contributed by atoms with van der Waals surface area (Å²) in [5.41, 5.74) is 2.08. The second-order valence-corrected chi connectivity index (χ2v) is 8.28. The van der Waals surface area contributed by atoms with Crippen molar-refractivity contribution in [2.45, 2.75) is 33.2 Å². The lowest BCUT2D eigenvalue weighted by Gasteiger charge is -2.25. The Labute approximate surface area is 193 Å². The highest BCUT2D eigenvalue weighted by molar-refractivity contribution is 6.46. The maximum Gasteiger partial charge on any atom is 0.355 e. The number of hydrogen-bond acceptors (Lipinski definition) is 7. The largest absolute Gasteiger partial charge is 0.507 e. The Morgan fingerprint density at radius 3 is 2.64 bits per heavy atom. The van der Waals surface area contributed by atoms with Gasteiger partial charge in [-0.25, -0.2) is 4.79 Å². The number of aromatic nitrogens is 2. The van der Waals surface area contributed by atoms with Crippen LogP contribution in [0.25, 0.3) is 5.76 Å². The molecule has 1 atom stereocenters. The second-order valence-electron chi connectivity index (χ2n) is 8.28. The lowest BCUT2D eigenvalue weighted by Crippen LogP contribution is -2.32. The molecule has 2 aromatic rings. The maximum atomic E-state index is 13.1. The number of nitrogens with one attached hydrogen (secondary N) is 1. The number of ketones is 1. The number of aryl methyl sites for hydroxylation is 1. The van der Waals surface area contributed by atoms with Crippen LogP contribution in [0.5, 0.6) is 0 Å². The number of aromatic amines is 1. The molecule has 0 unspecified atom stereocenters. The van der Waals surface area contributed by atoms with Crippen molar-refractivity contribution in [1.29, 1.82) is 0 Å². The number of amides is 1. The van der Waals surface area contributed by atoms with E-state index in [-0.39, 0.29) is 23.6 Å². The number of nitrogens with zero attached hydrogens (tertiary/aromatic N) is 3. The van der Waals surface area contributed by atoms with E-state index in [9.17, 15) is 19.5 Å². The van der Waals surface area contributed by atoms with Crippen molar-refractivity contribution in [2.75, 3.05) is 33.8 Å². The van der Waals surface area contributed by atoms with Crippen LogP contribution < -0.4 is 0 Å². The molecule has 0 aliphatic carbocycles. The first kappa shape index (κ1) is 24.2. The molecule has 0 spiro atoms. The molecule has 1 aliphatic rings. The van der Waals surface area contributed by atoms with E-state index in [4.69, 9.17) is 4.74 Å². The average molecular weight is 455 g/mol. The molecule has 0 radical (unpaired) electrons. The van der Waals surface area contributed by atoms with Crippen LogP contribution >= 0.6 is 0 Å². The van der Waals surface area contributed by atoms with Gasteiger partial charge >= 0.3 is 5.97 Å². The van der Waals surface area contributed by atoms with Gasteiger partial charge in [-0.2, -0.15) is 0 Å². The van der Waals surface area contributed by atoms with Gasteiger partial charge in [-0.3, -0.25) is 14.6 Å². The minimum atomic E-state index is -0.777. The third-order valence-electron chi connectivity index (χ3n) is 5.70. The maximum absolute atomic E-state index is 13.1. The van der Waals surface area contributed by atoms with Crippen molar-refractivity contribution < 1.29 is 24.2 Å². The Hall–Kier alpha value is -3.46. The van der Waals surface area contributed by atoms with Crippen LogP contribution in [0.4, 0.5) is 0 Å². The van der Waals surface area contributed by atoms with E-state index >= 15 is 0 Å². The monoisotopic (exact) mass is 454 g/mol. The summed E-state index contributed by atoms with van der Waals surface area (Å²) >= 11 is 0. The number of likely N-dealkylation sites (tertiary alicyclic amines) is 1. The van der Waals surface area contributed by atoms with Crippen LogP contribution in [0.2, 0.25) is 0 Å². The lowest BCUT2D eigenvalue weighted by molar-refractivity contribution is -0.139. The second kappa shape index (κ2) is 9.99. The van der Waals surface area contributed by atoms with Gasteiger partial charge in [0, 0.05) is 30.2 Å². The normalized spacial score (nSPS) is 17.8. The smallest absolute Gasteiger partial charge is 0.355 e. The molecule has 0 aromatic carbocycles. The van der Waals surface area contributed by atoms with E-state index in [0.717, 1.165) is 6.54 Å². The third kappa shape index (κ3) is 4.68. The predicted molar refractivity (Wildman–Crippen MR) is 123 cm³/mol. The summed E-state index contributed by atoms with van der Waals surface area (Å²) in [6.45, 7) is 6.35. The highest BCUT2D eigenvalue weighted by atomic mass is 16.5. The van der Waals surface area contributed by atoms with Gasteiger partial charge in [0.25, 0.3) is 11.7 Å². The molecule has 2 N–H and O–H groups in total. The Morgan fingerprint density at radius 1 is 1.30 bits per heavy atom. The van der Waals surface area contributed by atoms with Crippen molar-refractivity contribution in [3.63, 3.8) is 0 Å². The molecule has 0 saturated carbocycles. The van der Waals surface area contributed by atoms with Gasteiger partial charge in [0.15, 0.2) is 0 Å². The van der Waals surface area contributed by atoms with Gasteiger partial charge in [-0.1, -0.05) is 6.07 Å². The molecule has 1 aliphatic heterocycles. The van der Waals surface area contributed by atoms with Crippen LogP contribution in [0.3, 0.4) is 0 Å². The molecule has 9 heteroatoms. The highest BCUT2D eigenvalue weighted by Crippen LogP contribution is 2.40. The van der Waals surface area contributed by atoms with Crippen molar-refractivity contribution in [1.82, 2.24) is 19.8 Å². The van der Waals surface area contributed by atoms with Crippen molar-refractivity contribution in [2.24, 2.45) is 0 Å². The fourth-order valence-electron chi connectivity index (χ4n) is 4.20. The Bertz CT molecular complexity index is 1090. The van der Waals surface area contributed by atoms with Gasteiger partial charge in [0.05, 0.1) is 18.2 Å². The number of aliphatic hydroxyl groups is 1. The number of Topliss-reactive ketones (excluding diaryl/α,β-unsaturated/α-hetero) is 1. The first-order valence-electron chi connectivity index (χ1n) is 10.9. The number of esters is 1. The summed E-state index contributed by atoms with van der Waals surface area (Å²) in [5.74, 6) is -2.30. The van der Waals surface area contributed by atoms with Crippen molar-refractivity contribution in [3.05, 3.63) is 58.2 Å². The zero-order valence-corrected chi connectivity index (χ0v) is 19.6. The summed E-state index contributed by atoms with van der Waals surface area (Å²) in [4.78, 5) is 49.0. The molecule has 1 saturated heterocycles. The SMILES string of the molecule is CCOC(=O)c1[nH]c(C)c(/C(O)=C2\C(=O)C(=O)N(CCCN(C)C)[C@@H]2c2cccnc2)c1C. The quantitative estimate of drug-likeness (QED) is 0.273. The molecule has 0 bridgehead atoms. The number of rotatable bonds is 8. The fourth-order valence-corrected chi connectivity index (χ4v) is 4.20. The highest BCUT2D eigenvalue weighted by Gasteiger charge is 2.46. The zero-order valence-electron chi connectivity index (χ0n) is 19.6. The van der Waals surface area contributed by atoms with Gasteiger partial charge < -0.3 is 24.6 Å². The van der Waals surface area contributed by atoms with Crippen LogP contribution in [0, 0.1) is 13.8 Å². The predicted octanol–water partition coefficient (Wildman–Crippen LogP) is 2.58.